The molecule has 0 radical (unpaired) electrons. The molecule has 0 aromatic carbocycles. The summed E-state index contributed by atoms with van der Waals surface area (Å²) in [5, 5.41) is 13.7. The van der Waals surface area contributed by atoms with Crippen LogP contribution in [0.3, 0.4) is 0 Å². The van der Waals surface area contributed by atoms with Gasteiger partial charge >= 0.3 is 0 Å². The van der Waals surface area contributed by atoms with Crippen LogP contribution in [-0.4, -0.2) is 23.7 Å². The van der Waals surface area contributed by atoms with Crippen LogP contribution >= 0.6 is 0 Å². The largest absolute Gasteiger partial charge is 0.548 e. The summed E-state index contributed by atoms with van der Waals surface area (Å²) in [6, 6.07) is -0.969. The van der Waals surface area contributed by atoms with Crippen molar-refractivity contribution in [2.45, 2.75) is 65.3 Å². The second-order valence-corrected chi connectivity index (χ2v) is 6.44. The minimum absolute atomic E-state index is 0.00310. The SMILES string of the molecule is CC/C=C\C[C@H]1C(=O)CC[C@@H]1CC(=O)N[C@H](C(=O)[O-])[C@@H](C)CC. The van der Waals surface area contributed by atoms with E-state index in [4.69, 9.17) is 0 Å². The molecule has 0 saturated heterocycles. The second kappa shape index (κ2) is 9.48. The Morgan fingerprint density at radius 3 is 2.61 bits per heavy atom. The first-order valence-corrected chi connectivity index (χ1v) is 8.58. The first-order valence-electron chi connectivity index (χ1n) is 8.58. The lowest BCUT2D eigenvalue weighted by atomic mass is 9.89. The van der Waals surface area contributed by atoms with Gasteiger partial charge in [-0.25, -0.2) is 0 Å². The molecule has 1 rings (SSSR count). The maximum atomic E-state index is 12.2. The molecular formula is C18H28NO4-. The van der Waals surface area contributed by atoms with Crippen LogP contribution in [0, 0.1) is 17.8 Å². The highest BCUT2D eigenvalue weighted by Crippen LogP contribution is 2.34. The summed E-state index contributed by atoms with van der Waals surface area (Å²) in [5.74, 6) is -1.64. The molecule has 1 amide bonds. The van der Waals surface area contributed by atoms with Crippen LogP contribution in [0.1, 0.15) is 59.3 Å². The average Bonchev–Trinajstić information content (AvgIpc) is 2.84. The van der Waals surface area contributed by atoms with Crippen LogP contribution in [-0.2, 0) is 14.4 Å². The Balaban J connectivity index is 2.62. The monoisotopic (exact) mass is 322 g/mol. The maximum Gasteiger partial charge on any atom is 0.220 e. The summed E-state index contributed by atoms with van der Waals surface area (Å²) in [6.45, 7) is 5.68. The Hall–Kier alpha value is -1.65. The number of carboxylic acids is 1. The summed E-state index contributed by atoms with van der Waals surface area (Å²) >= 11 is 0. The van der Waals surface area contributed by atoms with E-state index in [1.54, 1.807) is 6.92 Å². The van der Waals surface area contributed by atoms with Crippen molar-refractivity contribution in [3.05, 3.63) is 12.2 Å². The minimum Gasteiger partial charge on any atom is -0.548 e. The van der Waals surface area contributed by atoms with E-state index in [0.717, 1.165) is 6.42 Å². The molecule has 0 heterocycles. The predicted octanol–water partition coefficient (Wildman–Crippen LogP) is 1.61. The molecule has 0 aliphatic heterocycles. The number of aliphatic carboxylic acids is 1. The minimum atomic E-state index is -1.25. The third-order valence-corrected chi connectivity index (χ3v) is 4.77. The number of Topliss-reactive ketones (excluding diaryl/α,β-unsaturated/α-hetero) is 1. The van der Waals surface area contributed by atoms with Gasteiger partial charge in [0.2, 0.25) is 5.91 Å². The van der Waals surface area contributed by atoms with Gasteiger partial charge in [0.25, 0.3) is 0 Å². The van der Waals surface area contributed by atoms with Crippen molar-refractivity contribution < 1.29 is 19.5 Å². The first kappa shape index (κ1) is 19.4. The molecule has 0 unspecified atom stereocenters. The van der Waals surface area contributed by atoms with Gasteiger partial charge in [-0.15, -0.1) is 0 Å². The number of carbonyl (C=O) groups excluding carboxylic acids is 3. The van der Waals surface area contributed by atoms with Gasteiger partial charge in [-0.3, -0.25) is 9.59 Å². The van der Waals surface area contributed by atoms with E-state index in [2.05, 4.69) is 5.32 Å². The molecule has 0 spiro atoms. The number of carboxylic acid groups (broad SMARTS) is 1. The molecule has 1 aliphatic carbocycles. The molecule has 130 valence electrons. The lowest BCUT2D eigenvalue weighted by molar-refractivity contribution is -0.309. The van der Waals surface area contributed by atoms with Crippen LogP contribution in [0.2, 0.25) is 0 Å². The molecule has 1 fully saturated rings. The van der Waals surface area contributed by atoms with E-state index in [0.29, 0.717) is 25.7 Å². The highest BCUT2D eigenvalue weighted by Gasteiger charge is 2.35. The van der Waals surface area contributed by atoms with Crippen LogP contribution < -0.4 is 10.4 Å². The second-order valence-electron chi connectivity index (χ2n) is 6.44. The van der Waals surface area contributed by atoms with Crippen LogP contribution in [0.5, 0.6) is 0 Å². The van der Waals surface area contributed by atoms with Gasteiger partial charge in [0.1, 0.15) is 5.78 Å². The average molecular weight is 322 g/mol. The Morgan fingerprint density at radius 2 is 2.04 bits per heavy atom. The number of rotatable bonds is 9. The number of allylic oxidation sites excluding steroid dienone is 2. The van der Waals surface area contributed by atoms with Gasteiger partial charge in [0.05, 0.1) is 12.0 Å². The number of amides is 1. The van der Waals surface area contributed by atoms with Crippen molar-refractivity contribution >= 4 is 17.7 Å². The van der Waals surface area contributed by atoms with Crippen molar-refractivity contribution in [3.63, 3.8) is 0 Å². The fourth-order valence-electron chi connectivity index (χ4n) is 3.09. The van der Waals surface area contributed by atoms with E-state index in [1.807, 2.05) is 26.0 Å². The van der Waals surface area contributed by atoms with Gasteiger partial charge in [0.15, 0.2) is 0 Å². The summed E-state index contributed by atoms with van der Waals surface area (Å²) < 4.78 is 0. The van der Waals surface area contributed by atoms with Crippen molar-refractivity contribution in [1.82, 2.24) is 5.32 Å². The summed E-state index contributed by atoms with van der Waals surface area (Å²) in [4.78, 5) is 35.3. The van der Waals surface area contributed by atoms with Crippen molar-refractivity contribution in [2.75, 3.05) is 0 Å². The summed E-state index contributed by atoms with van der Waals surface area (Å²) in [7, 11) is 0. The van der Waals surface area contributed by atoms with E-state index < -0.39 is 12.0 Å². The van der Waals surface area contributed by atoms with Crippen molar-refractivity contribution in [2.24, 2.45) is 17.8 Å². The number of hydrogen-bond acceptors (Lipinski definition) is 4. The van der Waals surface area contributed by atoms with Gasteiger partial charge in [0, 0.05) is 18.8 Å². The number of carbonyl (C=O) groups is 3. The molecular weight excluding hydrogens is 294 g/mol. The molecule has 4 atom stereocenters. The Morgan fingerprint density at radius 1 is 1.35 bits per heavy atom. The van der Waals surface area contributed by atoms with Gasteiger partial charge < -0.3 is 15.2 Å². The number of nitrogens with one attached hydrogen (secondary N) is 1. The molecule has 1 saturated carbocycles. The van der Waals surface area contributed by atoms with Crippen LogP contribution in [0.15, 0.2) is 12.2 Å². The zero-order chi connectivity index (χ0) is 17.4. The third-order valence-electron chi connectivity index (χ3n) is 4.77. The van der Waals surface area contributed by atoms with Crippen molar-refractivity contribution in [3.8, 4) is 0 Å². The highest BCUT2D eigenvalue weighted by molar-refractivity contribution is 5.86. The normalized spacial score (nSPS) is 23.9. The highest BCUT2D eigenvalue weighted by atomic mass is 16.4. The van der Waals surface area contributed by atoms with Crippen LogP contribution in [0.4, 0.5) is 0 Å². The molecule has 1 aliphatic rings. The number of ketones is 1. The molecule has 1 N–H and O–H groups in total. The maximum absolute atomic E-state index is 12.2. The lowest BCUT2D eigenvalue weighted by Crippen LogP contribution is -2.51. The Kier molecular flexibility index (Phi) is 8.00. The zero-order valence-corrected chi connectivity index (χ0v) is 14.3. The molecule has 5 nitrogen and oxygen atoms in total. The molecule has 23 heavy (non-hydrogen) atoms. The van der Waals surface area contributed by atoms with E-state index in [9.17, 15) is 19.5 Å². The van der Waals surface area contributed by atoms with E-state index in [-0.39, 0.29) is 35.9 Å². The van der Waals surface area contributed by atoms with Crippen molar-refractivity contribution in [1.29, 1.82) is 0 Å². The standard InChI is InChI=1S/C18H29NO4/c1-4-6-7-8-14-13(9-10-15(14)20)11-16(21)19-17(18(22)23)12(3)5-2/h6-7,12-14,17H,4-5,8-11H2,1-3H3,(H,19,21)(H,22,23)/p-1/b7-6-/t12-,13+,14+,17-/m0/s1. The fourth-order valence-corrected chi connectivity index (χ4v) is 3.09. The topological polar surface area (TPSA) is 86.3 Å². The summed E-state index contributed by atoms with van der Waals surface area (Å²) in [6.07, 6.45) is 7.68. The van der Waals surface area contributed by atoms with Crippen LogP contribution in [0.25, 0.3) is 0 Å². The smallest absolute Gasteiger partial charge is 0.220 e. The predicted molar refractivity (Wildman–Crippen MR) is 86.3 cm³/mol. The third kappa shape index (κ3) is 5.81. The Bertz CT molecular complexity index is 458. The van der Waals surface area contributed by atoms with Gasteiger partial charge in [-0.1, -0.05) is 39.3 Å². The molecule has 0 aromatic rings. The quantitative estimate of drug-likeness (QED) is 0.653. The lowest BCUT2D eigenvalue weighted by Gasteiger charge is -2.26. The Labute approximate surface area is 138 Å². The fraction of sp³-hybridized carbons (Fsp3) is 0.722. The van der Waals surface area contributed by atoms with E-state index in [1.165, 1.54) is 0 Å². The molecule has 0 aromatic heterocycles. The molecule has 0 bridgehead atoms. The van der Waals surface area contributed by atoms with Gasteiger partial charge in [-0.05, 0) is 31.1 Å². The van der Waals surface area contributed by atoms with E-state index >= 15 is 0 Å². The summed E-state index contributed by atoms with van der Waals surface area (Å²) in [5.41, 5.74) is 0. The molecule has 5 heteroatoms. The zero-order valence-electron chi connectivity index (χ0n) is 14.3. The van der Waals surface area contributed by atoms with Gasteiger partial charge in [-0.2, -0.15) is 0 Å². The first-order chi connectivity index (χ1) is 10.9. The number of hydrogen-bond donors (Lipinski definition) is 1.